The van der Waals surface area contributed by atoms with Crippen molar-refractivity contribution in [2.75, 3.05) is 19.8 Å². The molecule has 0 spiro atoms. The van der Waals surface area contributed by atoms with Gasteiger partial charge < -0.3 is 14.4 Å². The Hall–Kier alpha value is -1.84. The first-order valence-electron chi connectivity index (χ1n) is 8.59. The molecule has 0 bridgehead atoms. The number of carbonyl (C=O) groups is 1. The van der Waals surface area contributed by atoms with Gasteiger partial charge >= 0.3 is 12.8 Å². The number of ether oxygens (including phenoxy) is 2. The molecule has 1 aliphatic rings. The maximum absolute atomic E-state index is 13.5. The van der Waals surface area contributed by atoms with Crippen LogP contribution >= 0.6 is 11.6 Å². The number of hydrogen-bond acceptors (Lipinski definition) is 3. The number of halogens is 2. The van der Waals surface area contributed by atoms with E-state index in [9.17, 15) is 9.18 Å². The zero-order valence-electron chi connectivity index (χ0n) is 15.3. The van der Waals surface area contributed by atoms with Gasteiger partial charge in [-0.25, -0.2) is 15.8 Å². The van der Waals surface area contributed by atoms with Crippen LogP contribution < -0.4 is 0 Å². The minimum atomic E-state index is -0.561. The van der Waals surface area contributed by atoms with Gasteiger partial charge in [0.05, 0.1) is 11.1 Å². The van der Waals surface area contributed by atoms with Crippen molar-refractivity contribution in [3.63, 3.8) is 0 Å². The maximum atomic E-state index is 13.5. The van der Waals surface area contributed by atoms with Crippen molar-refractivity contribution in [2.24, 2.45) is 5.92 Å². The number of nitrogens with zero attached hydrogens (tertiary/aromatic N) is 2. The van der Waals surface area contributed by atoms with Crippen LogP contribution in [0.3, 0.4) is 0 Å². The number of carbonyl (C=O) groups excluding carboxylic acids is 1. The summed E-state index contributed by atoms with van der Waals surface area (Å²) in [5.41, 5.74) is 0.144. The van der Waals surface area contributed by atoms with Crippen LogP contribution in [0.15, 0.2) is 18.2 Å². The molecule has 1 fully saturated rings. The van der Waals surface area contributed by atoms with Crippen molar-refractivity contribution in [3.05, 3.63) is 46.0 Å². The molecule has 1 aliphatic heterocycles. The molecule has 0 aromatic heterocycles. The van der Waals surface area contributed by atoms with E-state index in [1.807, 2.05) is 20.8 Å². The van der Waals surface area contributed by atoms with E-state index < -0.39 is 17.5 Å². The summed E-state index contributed by atoms with van der Waals surface area (Å²) in [6.45, 7) is 13.4. The topological polar surface area (TPSA) is 43.1 Å². The molecular weight excluding hydrogens is 359 g/mol. The second kappa shape index (κ2) is 8.70. The van der Waals surface area contributed by atoms with Crippen molar-refractivity contribution in [1.29, 1.82) is 0 Å². The summed E-state index contributed by atoms with van der Waals surface area (Å²) >= 11 is 5.91. The third kappa shape index (κ3) is 5.58. The smallest absolute Gasteiger partial charge is 0.410 e. The fourth-order valence-electron chi connectivity index (χ4n) is 3.06. The van der Waals surface area contributed by atoms with E-state index in [0.717, 1.165) is 12.8 Å². The Morgan fingerprint density at radius 3 is 2.85 bits per heavy atom. The van der Waals surface area contributed by atoms with Crippen LogP contribution in [0.25, 0.3) is 4.85 Å². The quantitative estimate of drug-likeness (QED) is 0.683. The first-order valence-corrected chi connectivity index (χ1v) is 8.97. The Kier molecular flexibility index (Phi) is 6.85. The Labute approximate surface area is 158 Å². The molecule has 0 unspecified atom stereocenters. The highest BCUT2D eigenvalue weighted by Gasteiger charge is 2.33. The van der Waals surface area contributed by atoms with Crippen molar-refractivity contribution >= 4 is 17.7 Å². The number of likely N-dealkylation sites (tertiary alicyclic amines) is 1. The van der Waals surface area contributed by atoms with Gasteiger partial charge in [-0.3, -0.25) is 4.85 Å². The zero-order chi connectivity index (χ0) is 19.3. The molecule has 5 nitrogen and oxygen atoms in total. The minimum Gasteiger partial charge on any atom is -0.444 e. The van der Waals surface area contributed by atoms with E-state index in [2.05, 4.69) is 4.85 Å². The lowest BCUT2D eigenvalue weighted by Gasteiger charge is -2.37. The molecule has 1 aromatic rings. The average molecular weight is 383 g/mol. The highest BCUT2D eigenvalue weighted by molar-refractivity contribution is 6.30. The predicted molar refractivity (Wildman–Crippen MR) is 97.2 cm³/mol. The summed E-state index contributed by atoms with van der Waals surface area (Å²) in [7, 11) is 0. The molecule has 26 heavy (non-hydrogen) atoms. The zero-order valence-corrected chi connectivity index (χ0v) is 16.1. The molecule has 2 atom stereocenters. The van der Waals surface area contributed by atoms with E-state index in [4.69, 9.17) is 27.6 Å². The average Bonchev–Trinajstić information content (AvgIpc) is 2.57. The molecule has 1 heterocycles. The highest BCUT2D eigenvalue weighted by atomic mass is 35.5. The van der Waals surface area contributed by atoms with Gasteiger partial charge in [0.2, 0.25) is 0 Å². The summed E-state index contributed by atoms with van der Waals surface area (Å²) in [6.07, 6.45) is 0.837. The number of amides is 1. The summed E-state index contributed by atoms with van der Waals surface area (Å²) < 4.78 is 24.7. The fourth-order valence-corrected chi connectivity index (χ4v) is 3.25. The fraction of sp³-hybridized carbons (Fsp3) is 0.579. The number of benzene rings is 1. The Morgan fingerprint density at radius 2 is 2.23 bits per heavy atom. The van der Waals surface area contributed by atoms with Crippen molar-refractivity contribution in [2.45, 2.75) is 45.3 Å². The maximum Gasteiger partial charge on any atom is 0.410 e. The Bertz CT molecular complexity index is 684. The van der Waals surface area contributed by atoms with E-state index in [-0.39, 0.29) is 23.8 Å². The summed E-state index contributed by atoms with van der Waals surface area (Å²) in [5, 5.41) is 0.0127. The van der Waals surface area contributed by atoms with Crippen LogP contribution in [0.2, 0.25) is 5.02 Å². The van der Waals surface area contributed by atoms with E-state index in [1.54, 1.807) is 11.0 Å². The van der Waals surface area contributed by atoms with Gasteiger partial charge in [0, 0.05) is 19.0 Å². The first kappa shape index (κ1) is 20.5. The van der Waals surface area contributed by atoms with Crippen LogP contribution in [0.5, 0.6) is 0 Å². The summed E-state index contributed by atoms with van der Waals surface area (Å²) in [5.74, 6) is -0.530. The van der Waals surface area contributed by atoms with Gasteiger partial charge in [-0.1, -0.05) is 17.7 Å². The molecule has 2 rings (SSSR count). The molecule has 0 aliphatic carbocycles. The molecule has 1 amide bonds. The molecule has 142 valence electrons. The molecule has 0 saturated carbocycles. The SMILES string of the molecule is [C-]#[N+]CO[C@@H](c1ccc(F)c(Cl)c1)[C@@H]1CCCN(C(=O)OC(C)(C)C)C1. The predicted octanol–water partition coefficient (Wildman–Crippen LogP) is 5.06. The van der Waals surface area contributed by atoms with E-state index >= 15 is 0 Å². The van der Waals surface area contributed by atoms with Crippen LogP contribution in [0.1, 0.15) is 45.3 Å². The Morgan fingerprint density at radius 1 is 1.50 bits per heavy atom. The van der Waals surface area contributed by atoms with Crippen LogP contribution in [-0.2, 0) is 9.47 Å². The Balaban J connectivity index is 2.17. The molecule has 0 radical (unpaired) electrons. The molecule has 0 N–H and O–H groups in total. The summed E-state index contributed by atoms with van der Waals surface area (Å²) in [4.78, 5) is 17.3. The molecular formula is C19H24ClFN2O3. The van der Waals surface area contributed by atoms with E-state index in [1.165, 1.54) is 12.1 Å². The third-order valence-corrected chi connectivity index (χ3v) is 4.42. The van der Waals surface area contributed by atoms with Gasteiger partial charge in [0.25, 0.3) is 0 Å². The van der Waals surface area contributed by atoms with Crippen LogP contribution in [0.4, 0.5) is 9.18 Å². The first-order chi connectivity index (χ1) is 12.2. The molecule has 1 saturated heterocycles. The van der Waals surface area contributed by atoms with Gasteiger partial charge in [0.15, 0.2) is 0 Å². The molecule has 7 heteroatoms. The standard InChI is InChI=1S/C19H24ClFN2O3/c1-19(2,3)26-18(24)23-9-5-6-14(11-23)17(25-12-22-4)13-7-8-16(21)15(20)10-13/h7-8,10,14,17H,5-6,9,11-12H2,1-3H3/t14-,17+/m1/s1. The monoisotopic (exact) mass is 382 g/mol. The second-order valence-corrected chi connectivity index (χ2v) is 7.78. The van der Waals surface area contributed by atoms with Crippen molar-refractivity contribution < 1.29 is 18.7 Å². The number of hydrogen-bond donors (Lipinski definition) is 0. The van der Waals surface area contributed by atoms with Crippen LogP contribution in [0, 0.1) is 18.3 Å². The number of rotatable bonds is 4. The van der Waals surface area contributed by atoms with Gasteiger partial charge in [0.1, 0.15) is 11.4 Å². The van der Waals surface area contributed by atoms with E-state index in [0.29, 0.717) is 18.7 Å². The summed E-state index contributed by atoms with van der Waals surface area (Å²) in [6, 6.07) is 4.43. The lowest BCUT2D eigenvalue weighted by atomic mass is 9.88. The lowest BCUT2D eigenvalue weighted by Crippen LogP contribution is -2.44. The van der Waals surface area contributed by atoms with Gasteiger partial charge in [-0.15, -0.1) is 0 Å². The largest absolute Gasteiger partial charge is 0.444 e. The van der Waals surface area contributed by atoms with Gasteiger partial charge in [-0.05, 0) is 51.3 Å². The normalized spacial score (nSPS) is 18.9. The van der Waals surface area contributed by atoms with Gasteiger partial charge in [-0.2, -0.15) is 0 Å². The highest BCUT2D eigenvalue weighted by Crippen LogP contribution is 2.35. The van der Waals surface area contributed by atoms with Crippen molar-refractivity contribution in [3.8, 4) is 0 Å². The minimum absolute atomic E-state index is 0.0127. The molecule has 1 aromatic carbocycles. The van der Waals surface area contributed by atoms with Crippen LogP contribution in [-0.4, -0.2) is 36.4 Å². The third-order valence-electron chi connectivity index (χ3n) is 4.13. The number of piperidine rings is 1. The lowest BCUT2D eigenvalue weighted by molar-refractivity contribution is -0.0179. The van der Waals surface area contributed by atoms with Crippen molar-refractivity contribution in [1.82, 2.24) is 4.90 Å². The second-order valence-electron chi connectivity index (χ2n) is 7.38.